The molecule has 0 saturated carbocycles. The third-order valence-electron chi connectivity index (χ3n) is 1.81. The SMILES string of the molecule is CCCn1ncc(C(=O)OCC)c1N. The van der Waals surface area contributed by atoms with E-state index in [1.54, 1.807) is 11.6 Å². The predicted molar refractivity (Wildman–Crippen MR) is 52.9 cm³/mol. The molecule has 14 heavy (non-hydrogen) atoms. The fraction of sp³-hybridized carbons (Fsp3) is 0.556. The number of carbonyl (C=O) groups excluding carboxylic acids is 1. The van der Waals surface area contributed by atoms with Crippen LogP contribution < -0.4 is 5.73 Å². The van der Waals surface area contributed by atoms with E-state index >= 15 is 0 Å². The number of hydrogen-bond donors (Lipinski definition) is 1. The molecule has 0 aliphatic carbocycles. The van der Waals surface area contributed by atoms with Crippen molar-refractivity contribution in [2.24, 2.45) is 0 Å². The second-order valence-electron chi connectivity index (χ2n) is 2.89. The zero-order valence-electron chi connectivity index (χ0n) is 8.49. The van der Waals surface area contributed by atoms with Crippen molar-refractivity contribution in [1.29, 1.82) is 0 Å². The van der Waals surface area contributed by atoms with Crippen LogP contribution in [0.3, 0.4) is 0 Å². The van der Waals surface area contributed by atoms with Crippen molar-refractivity contribution in [2.75, 3.05) is 12.3 Å². The van der Waals surface area contributed by atoms with Crippen molar-refractivity contribution in [1.82, 2.24) is 9.78 Å². The average Bonchev–Trinajstić information content (AvgIpc) is 2.49. The van der Waals surface area contributed by atoms with Gasteiger partial charge in [-0.2, -0.15) is 5.10 Å². The number of rotatable bonds is 4. The van der Waals surface area contributed by atoms with Crippen LogP contribution in [-0.4, -0.2) is 22.4 Å². The van der Waals surface area contributed by atoms with E-state index in [4.69, 9.17) is 10.5 Å². The normalized spacial score (nSPS) is 10.1. The Bertz CT molecular complexity index is 320. The van der Waals surface area contributed by atoms with Gasteiger partial charge in [-0.1, -0.05) is 6.92 Å². The van der Waals surface area contributed by atoms with Gasteiger partial charge in [0.05, 0.1) is 12.8 Å². The molecule has 0 radical (unpaired) electrons. The van der Waals surface area contributed by atoms with Crippen molar-refractivity contribution in [2.45, 2.75) is 26.8 Å². The third kappa shape index (κ3) is 2.04. The first-order valence-electron chi connectivity index (χ1n) is 4.69. The van der Waals surface area contributed by atoms with Crippen LogP contribution in [0.4, 0.5) is 5.82 Å². The van der Waals surface area contributed by atoms with Gasteiger partial charge in [-0.25, -0.2) is 9.48 Å². The van der Waals surface area contributed by atoms with Crippen LogP contribution in [0.25, 0.3) is 0 Å². The van der Waals surface area contributed by atoms with Crippen molar-refractivity contribution in [3.63, 3.8) is 0 Å². The van der Waals surface area contributed by atoms with E-state index in [1.807, 2.05) is 6.92 Å². The van der Waals surface area contributed by atoms with E-state index in [-0.39, 0.29) is 0 Å². The lowest BCUT2D eigenvalue weighted by molar-refractivity contribution is 0.0527. The molecule has 5 nitrogen and oxygen atoms in total. The highest BCUT2D eigenvalue weighted by Gasteiger charge is 2.15. The van der Waals surface area contributed by atoms with Crippen LogP contribution in [-0.2, 0) is 11.3 Å². The molecule has 78 valence electrons. The molecule has 2 N–H and O–H groups in total. The van der Waals surface area contributed by atoms with Crippen molar-refractivity contribution in [3.8, 4) is 0 Å². The number of aromatic nitrogens is 2. The fourth-order valence-corrected chi connectivity index (χ4v) is 1.15. The van der Waals surface area contributed by atoms with Crippen molar-refractivity contribution < 1.29 is 9.53 Å². The van der Waals surface area contributed by atoms with Crippen molar-refractivity contribution >= 4 is 11.8 Å². The zero-order chi connectivity index (χ0) is 10.6. The van der Waals surface area contributed by atoms with E-state index in [1.165, 1.54) is 6.20 Å². The number of ether oxygens (including phenoxy) is 1. The largest absolute Gasteiger partial charge is 0.462 e. The summed E-state index contributed by atoms with van der Waals surface area (Å²) in [5.41, 5.74) is 6.07. The highest BCUT2D eigenvalue weighted by atomic mass is 16.5. The number of nitrogen functional groups attached to an aromatic ring is 1. The summed E-state index contributed by atoms with van der Waals surface area (Å²) >= 11 is 0. The Hall–Kier alpha value is -1.52. The molecule has 0 aliphatic heterocycles. The number of hydrogen-bond acceptors (Lipinski definition) is 4. The summed E-state index contributed by atoms with van der Waals surface area (Å²) in [6, 6.07) is 0. The van der Waals surface area contributed by atoms with Gasteiger partial charge in [0.1, 0.15) is 11.4 Å². The second-order valence-corrected chi connectivity index (χ2v) is 2.89. The molecule has 1 heterocycles. The first-order chi connectivity index (χ1) is 6.70. The smallest absolute Gasteiger partial charge is 0.343 e. The summed E-state index contributed by atoms with van der Waals surface area (Å²) in [7, 11) is 0. The minimum absolute atomic E-state index is 0.344. The van der Waals surface area contributed by atoms with Crippen LogP contribution in [0.2, 0.25) is 0 Å². The van der Waals surface area contributed by atoms with Crippen LogP contribution >= 0.6 is 0 Å². The minimum atomic E-state index is -0.410. The van der Waals surface area contributed by atoms with Gasteiger partial charge in [0, 0.05) is 6.54 Å². The quantitative estimate of drug-likeness (QED) is 0.732. The van der Waals surface area contributed by atoms with Gasteiger partial charge >= 0.3 is 5.97 Å². The summed E-state index contributed by atoms with van der Waals surface area (Å²) in [5.74, 6) is -0.0300. The number of carbonyl (C=O) groups is 1. The van der Waals surface area contributed by atoms with E-state index in [0.717, 1.165) is 6.42 Å². The van der Waals surface area contributed by atoms with Crippen molar-refractivity contribution in [3.05, 3.63) is 11.8 Å². The molecule has 0 amide bonds. The summed E-state index contributed by atoms with van der Waals surface area (Å²) in [4.78, 5) is 11.3. The van der Waals surface area contributed by atoms with Gasteiger partial charge in [0.2, 0.25) is 0 Å². The molecule has 0 saturated heterocycles. The van der Waals surface area contributed by atoms with Crippen LogP contribution in [0, 0.1) is 0 Å². The summed E-state index contributed by atoms with van der Waals surface area (Å²) < 4.78 is 6.43. The van der Waals surface area contributed by atoms with Crippen LogP contribution in [0.1, 0.15) is 30.6 Å². The standard InChI is InChI=1S/C9H15N3O2/c1-3-5-12-8(10)7(6-11-12)9(13)14-4-2/h6H,3-5,10H2,1-2H3. The molecule has 0 atom stereocenters. The van der Waals surface area contributed by atoms with Gasteiger partial charge in [-0.3, -0.25) is 0 Å². The third-order valence-corrected chi connectivity index (χ3v) is 1.81. The van der Waals surface area contributed by atoms with E-state index in [0.29, 0.717) is 24.5 Å². The van der Waals surface area contributed by atoms with Gasteiger partial charge < -0.3 is 10.5 Å². The molecule has 0 bridgehead atoms. The Morgan fingerprint density at radius 3 is 2.93 bits per heavy atom. The van der Waals surface area contributed by atoms with E-state index in [9.17, 15) is 4.79 Å². The summed E-state index contributed by atoms with van der Waals surface area (Å²) in [6.07, 6.45) is 2.37. The maximum Gasteiger partial charge on any atom is 0.343 e. The maximum atomic E-state index is 11.3. The molecule has 1 rings (SSSR count). The van der Waals surface area contributed by atoms with Crippen LogP contribution in [0.5, 0.6) is 0 Å². The monoisotopic (exact) mass is 197 g/mol. The molecular weight excluding hydrogens is 182 g/mol. The Balaban J connectivity index is 2.83. The summed E-state index contributed by atoms with van der Waals surface area (Å²) in [5, 5.41) is 4.00. The maximum absolute atomic E-state index is 11.3. The molecule has 1 aromatic heterocycles. The Morgan fingerprint density at radius 2 is 2.36 bits per heavy atom. The van der Waals surface area contributed by atoms with Crippen LogP contribution in [0.15, 0.2) is 6.20 Å². The van der Waals surface area contributed by atoms with E-state index in [2.05, 4.69) is 5.10 Å². The number of nitrogens with two attached hydrogens (primary N) is 1. The molecule has 0 spiro atoms. The molecule has 0 aliphatic rings. The molecule has 0 unspecified atom stereocenters. The van der Waals surface area contributed by atoms with Gasteiger partial charge in [-0.05, 0) is 13.3 Å². The molecule has 0 fully saturated rings. The average molecular weight is 197 g/mol. The Kier molecular flexibility index (Phi) is 3.50. The topological polar surface area (TPSA) is 70.1 Å². The highest BCUT2D eigenvalue weighted by molar-refractivity contribution is 5.93. The lowest BCUT2D eigenvalue weighted by Crippen LogP contribution is -2.09. The lowest BCUT2D eigenvalue weighted by Gasteiger charge is -2.02. The molecule has 5 heteroatoms. The number of aryl methyl sites for hydroxylation is 1. The highest BCUT2D eigenvalue weighted by Crippen LogP contribution is 2.12. The van der Waals surface area contributed by atoms with Gasteiger partial charge in [-0.15, -0.1) is 0 Å². The molecular formula is C9H15N3O2. The predicted octanol–water partition coefficient (Wildman–Crippen LogP) is 1.05. The number of nitrogens with zero attached hydrogens (tertiary/aromatic N) is 2. The Morgan fingerprint density at radius 1 is 1.64 bits per heavy atom. The minimum Gasteiger partial charge on any atom is -0.462 e. The first kappa shape index (κ1) is 10.6. The fourth-order valence-electron chi connectivity index (χ4n) is 1.15. The number of esters is 1. The number of anilines is 1. The molecule has 1 aromatic rings. The first-order valence-corrected chi connectivity index (χ1v) is 4.69. The van der Waals surface area contributed by atoms with Gasteiger partial charge in [0.25, 0.3) is 0 Å². The second kappa shape index (κ2) is 4.64. The zero-order valence-corrected chi connectivity index (χ0v) is 8.49. The Labute approximate surface area is 82.8 Å². The lowest BCUT2D eigenvalue weighted by atomic mass is 10.3. The molecule has 0 aromatic carbocycles. The summed E-state index contributed by atoms with van der Waals surface area (Å²) in [6.45, 7) is 4.83. The van der Waals surface area contributed by atoms with E-state index < -0.39 is 5.97 Å². The van der Waals surface area contributed by atoms with Gasteiger partial charge in [0.15, 0.2) is 0 Å².